The molecule has 0 saturated heterocycles. The number of carboxylic acids is 1. The van der Waals surface area contributed by atoms with Crippen molar-refractivity contribution in [3.63, 3.8) is 0 Å². The van der Waals surface area contributed by atoms with Crippen molar-refractivity contribution in [2.24, 2.45) is 0 Å². The third-order valence-corrected chi connectivity index (χ3v) is 4.68. The number of hydrogen-bond donors (Lipinski definition) is 3. The van der Waals surface area contributed by atoms with E-state index in [4.69, 9.17) is 14.7 Å². The lowest BCUT2D eigenvalue weighted by atomic mass is 10.00. The van der Waals surface area contributed by atoms with E-state index in [1.807, 2.05) is 69.9 Å². The van der Waals surface area contributed by atoms with E-state index in [1.165, 1.54) is 18.1 Å². The lowest BCUT2D eigenvalue weighted by molar-refractivity contribution is -0.139. The molecular weight excluding hydrogens is 470 g/mol. The molecule has 37 heavy (non-hydrogen) atoms. The minimum absolute atomic E-state index is 0.0122. The van der Waals surface area contributed by atoms with Crippen molar-refractivity contribution in [2.45, 2.75) is 46.7 Å². The summed E-state index contributed by atoms with van der Waals surface area (Å²) in [7, 11) is 1.67. The predicted molar refractivity (Wildman–Crippen MR) is 148 cm³/mol. The lowest BCUT2D eigenvalue weighted by Crippen LogP contribution is -2.35. The van der Waals surface area contributed by atoms with Crippen LogP contribution in [0.1, 0.15) is 37.5 Å². The maximum atomic E-state index is 11.0. The average Bonchev–Trinajstić information content (AvgIpc) is 2.95. The van der Waals surface area contributed by atoms with Gasteiger partial charge in [-0.05, 0) is 54.8 Å². The van der Waals surface area contributed by atoms with Crippen LogP contribution in [0.5, 0.6) is 0 Å². The average molecular weight is 510 g/mol. The van der Waals surface area contributed by atoms with Crippen molar-refractivity contribution >= 4 is 25.5 Å². The van der Waals surface area contributed by atoms with Crippen molar-refractivity contribution in [2.75, 3.05) is 7.05 Å². The molecule has 0 aliphatic rings. The minimum Gasteiger partial charge on any atom is -0.480 e. The first-order chi connectivity index (χ1) is 17.9. The van der Waals surface area contributed by atoms with Gasteiger partial charge in [-0.25, -0.2) is 0 Å². The molecule has 1 amide bonds. The Morgan fingerprint density at radius 1 is 0.892 bits per heavy atom. The number of aliphatic carboxylic acids is 1. The summed E-state index contributed by atoms with van der Waals surface area (Å²) in [5.74, 6) is -0.836. The highest BCUT2D eigenvalue weighted by atomic mass is 16.4. The highest BCUT2D eigenvalue weighted by molar-refractivity contribution is 5.74. The SMILES string of the molecule is C=O.C=O.CC.CC(=O)NCc1ccncc1.CNC(Cc1ccc(-c2cccc(C)c2)cc1)C(=O)O. The Hall–Kier alpha value is -4.17. The summed E-state index contributed by atoms with van der Waals surface area (Å²) < 4.78 is 0. The zero-order valence-electron chi connectivity index (χ0n) is 22.4. The molecule has 0 saturated carbocycles. The maximum absolute atomic E-state index is 11.0. The van der Waals surface area contributed by atoms with Crippen molar-refractivity contribution in [3.05, 3.63) is 89.7 Å². The summed E-state index contributed by atoms with van der Waals surface area (Å²) in [6.07, 6.45) is 3.90. The van der Waals surface area contributed by atoms with Gasteiger partial charge < -0.3 is 25.3 Å². The maximum Gasteiger partial charge on any atom is 0.321 e. The van der Waals surface area contributed by atoms with Crippen LogP contribution in [0.4, 0.5) is 0 Å². The molecule has 3 aromatic rings. The third-order valence-electron chi connectivity index (χ3n) is 4.68. The molecular formula is C29H39N3O5. The topological polar surface area (TPSA) is 125 Å². The van der Waals surface area contributed by atoms with Crippen LogP contribution in [0.3, 0.4) is 0 Å². The quantitative estimate of drug-likeness (QED) is 0.435. The van der Waals surface area contributed by atoms with Crippen molar-refractivity contribution in [1.29, 1.82) is 0 Å². The fourth-order valence-electron chi connectivity index (χ4n) is 2.93. The van der Waals surface area contributed by atoms with Gasteiger partial charge in [0, 0.05) is 25.9 Å². The molecule has 8 nitrogen and oxygen atoms in total. The molecule has 1 unspecified atom stereocenters. The first-order valence-corrected chi connectivity index (χ1v) is 11.7. The van der Waals surface area contributed by atoms with E-state index >= 15 is 0 Å². The van der Waals surface area contributed by atoms with E-state index in [2.05, 4.69) is 40.7 Å². The number of carbonyl (C=O) groups is 4. The van der Waals surface area contributed by atoms with E-state index in [1.54, 1.807) is 19.4 Å². The molecule has 0 radical (unpaired) electrons. The van der Waals surface area contributed by atoms with E-state index < -0.39 is 12.0 Å². The van der Waals surface area contributed by atoms with Crippen LogP contribution in [-0.4, -0.2) is 48.6 Å². The summed E-state index contributed by atoms with van der Waals surface area (Å²) in [6, 6.07) is 19.6. The largest absolute Gasteiger partial charge is 0.480 e. The standard InChI is InChI=1S/C17H19NO2.C8H10N2O.C2H6.2CH2O/c1-12-4-3-5-15(10-12)14-8-6-13(7-9-14)11-16(18-2)17(19)20;1-7(11)10-6-8-2-4-9-5-3-8;3*1-2/h3-10,16,18H,11H2,1-2H3,(H,19,20);2-5H,6H2,1H3,(H,10,11);1-2H3;2*1H2. The van der Waals surface area contributed by atoms with Gasteiger partial charge in [0.25, 0.3) is 0 Å². The number of amides is 1. The second kappa shape index (κ2) is 22.3. The zero-order chi connectivity index (χ0) is 28.6. The van der Waals surface area contributed by atoms with Gasteiger partial charge in [-0.1, -0.05) is 67.9 Å². The first-order valence-electron chi connectivity index (χ1n) is 11.7. The number of aromatic nitrogens is 1. The molecule has 3 rings (SSSR count). The Labute approximate surface area is 220 Å². The molecule has 2 aromatic carbocycles. The number of pyridine rings is 1. The van der Waals surface area contributed by atoms with Crippen molar-refractivity contribution in [1.82, 2.24) is 15.6 Å². The van der Waals surface area contributed by atoms with E-state index in [-0.39, 0.29) is 5.91 Å². The monoisotopic (exact) mass is 509 g/mol. The van der Waals surface area contributed by atoms with E-state index in [9.17, 15) is 9.59 Å². The number of hydrogen-bond acceptors (Lipinski definition) is 6. The van der Waals surface area contributed by atoms with Crippen LogP contribution in [0.25, 0.3) is 11.1 Å². The Bertz CT molecular complexity index is 1010. The van der Waals surface area contributed by atoms with Crippen LogP contribution in [0, 0.1) is 6.92 Å². The molecule has 8 heteroatoms. The number of likely N-dealkylation sites (N-methyl/N-ethyl adjacent to an activating group) is 1. The van der Waals surface area contributed by atoms with Gasteiger partial charge in [0.15, 0.2) is 0 Å². The second-order valence-electron chi connectivity index (χ2n) is 7.22. The van der Waals surface area contributed by atoms with Gasteiger partial charge in [-0.15, -0.1) is 0 Å². The van der Waals surface area contributed by atoms with Gasteiger partial charge in [0.2, 0.25) is 5.91 Å². The van der Waals surface area contributed by atoms with Crippen LogP contribution in [0.15, 0.2) is 73.1 Å². The zero-order valence-corrected chi connectivity index (χ0v) is 22.4. The fourth-order valence-corrected chi connectivity index (χ4v) is 2.93. The van der Waals surface area contributed by atoms with Gasteiger partial charge in [0.05, 0.1) is 0 Å². The highest BCUT2D eigenvalue weighted by Crippen LogP contribution is 2.21. The molecule has 0 bridgehead atoms. The van der Waals surface area contributed by atoms with Crippen LogP contribution >= 0.6 is 0 Å². The summed E-state index contributed by atoms with van der Waals surface area (Å²) in [5, 5.41) is 14.5. The number of carbonyl (C=O) groups excluding carboxylic acids is 3. The normalized spacial score (nSPS) is 9.65. The second-order valence-corrected chi connectivity index (χ2v) is 7.22. The molecule has 0 aliphatic heterocycles. The van der Waals surface area contributed by atoms with Crippen LogP contribution in [-0.2, 0) is 32.1 Å². The Kier molecular flexibility index (Phi) is 21.1. The fraction of sp³-hybridized carbons (Fsp3) is 0.276. The number of nitrogens with one attached hydrogen (secondary N) is 2. The molecule has 3 N–H and O–H groups in total. The summed E-state index contributed by atoms with van der Waals surface area (Å²) in [6.45, 7) is 12.2. The van der Waals surface area contributed by atoms with Gasteiger partial charge >= 0.3 is 5.97 Å². The number of nitrogens with zero attached hydrogens (tertiary/aromatic N) is 1. The predicted octanol–water partition coefficient (Wildman–Crippen LogP) is 4.25. The number of aryl methyl sites for hydroxylation is 1. The Balaban J connectivity index is 0. The lowest BCUT2D eigenvalue weighted by Gasteiger charge is -2.11. The molecule has 0 aliphatic carbocycles. The first kappa shape index (κ1) is 35.0. The molecule has 1 heterocycles. The number of rotatable bonds is 7. The van der Waals surface area contributed by atoms with Gasteiger partial charge in [-0.2, -0.15) is 0 Å². The minimum atomic E-state index is -0.824. The van der Waals surface area contributed by atoms with Gasteiger partial charge in [0.1, 0.15) is 19.6 Å². The van der Waals surface area contributed by atoms with Gasteiger partial charge in [-0.3, -0.25) is 14.6 Å². The molecule has 1 aromatic heterocycles. The third kappa shape index (κ3) is 15.4. The van der Waals surface area contributed by atoms with Crippen LogP contribution in [0.2, 0.25) is 0 Å². The summed E-state index contributed by atoms with van der Waals surface area (Å²) >= 11 is 0. The molecule has 1 atom stereocenters. The Morgan fingerprint density at radius 3 is 1.92 bits per heavy atom. The summed E-state index contributed by atoms with van der Waals surface area (Å²) in [4.78, 5) is 41.3. The van der Waals surface area contributed by atoms with Crippen molar-refractivity contribution in [3.8, 4) is 11.1 Å². The van der Waals surface area contributed by atoms with Crippen molar-refractivity contribution < 1.29 is 24.3 Å². The van der Waals surface area contributed by atoms with Crippen LogP contribution < -0.4 is 10.6 Å². The molecule has 0 fully saturated rings. The Morgan fingerprint density at radius 2 is 1.46 bits per heavy atom. The number of benzene rings is 2. The van der Waals surface area contributed by atoms with E-state index in [0.717, 1.165) is 16.7 Å². The highest BCUT2D eigenvalue weighted by Gasteiger charge is 2.15. The number of carboxylic acid groups (broad SMARTS) is 1. The molecule has 0 spiro atoms. The summed E-state index contributed by atoms with van der Waals surface area (Å²) in [5.41, 5.74) is 5.64. The molecule has 200 valence electrons. The van der Waals surface area contributed by atoms with E-state index in [0.29, 0.717) is 13.0 Å². The smallest absolute Gasteiger partial charge is 0.321 e.